The lowest BCUT2D eigenvalue weighted by molar-refractivity contribution is -0.125. The van der Waals surface area contributed by atoms with Crippen LogP contribution in [0.5, 0.6) is 0 Å². The van der Waals surface area contributed by atoms with Crippen LogP contribution in [0.1, 0.15) is 40.0 Å². The van der Waals surface area contributed by atoms with E-state index in [1.165, 1.54) is 0 Å². The number of hydrogen-bond acceptors (Lipinski definition) is 4. The SMILES string of the molecule is O=C(CC(=O)CC(=O)c1cccc2ccccc12)CC(=O)c1cccc2ccccc12. The van der Waals surface area contributed by atoms with Crippen LogP contribution in [0, 0.1) is 0 Å². The lowest BCUT2D eigenvalue weighted by atomic mass is 9.95. The van der Waals surface area contributed by atoms with Crippen LogP contribution in [0.25, 0.3) is 21.5 Å². The van der Waals surface area contributed by atoms with Crippen molar-refractivity contribution >= 4 is 44.7 Å². The summed E-state index contributed by atoms with van der Waals surface area (Å²) in [4.78, 5) is 50.0. The number of ketones is 4. The number of Topliss-reactive ketones (excluding diaryl/α,β-unsaturated/α-hetero) is 4. The molecule has 0 aromatic heterocycles. The average Bonchev–Trinajstić information content (AvgIpc) is 2.78. The van der Waals surface area contributed by atoms with Crippen LogP contribution in [-0.4, -0.2) is 23.1 Å². The molecule has 152 valence electrons. The molecule has 4 rings (SSSR count). The zero-order valence-corrected chi connectivity index (χ0v) is 16.8. The van der Waals surface area contributed by atoms with Crippen molar-refractivity contribution in [1.82, 2.24) is 0 Å². The van der Waals surface area contributed by atoms with Crippen molar-refractivity contribution < 1.29 is 19.2 Å². The van der Waals surface area contributed by atoms with E-state index >= 15 is 0 Å². The van der Waals surface area contributed by atoms with Crippen LogP contribution < -0.4 is 0 Å². The van der Waals surface area contributed by atoms with Gasteiger partial charge in [0.15, 0.2) is 11.6 Å². The van der Waals surface area contributed by atoms with Gasteiger partial charge in [-0.2, -0.15) is 0 Å². The summed E-state index contributed by atoms with van der Waals surface area (Å²) in [7, 11) is 0. The summed E-state index contributed by atoms with van der Waals surface area (Å²) in [5.74, 6) is -1.60. The summed E-state index contributed by atoms with van der Waals surface area (Å²) in [6, 6.07) is 25.6. The van der Waals surface area contributed by atoms with E-state index in [-0.39, 0.29) is 24.4 Å². The Labute approximate surface area is 179 Å². The van der Waals surface area contributed by atoms with Gasteiger partial charge in [-0.05, 0) is 21.5 Å². The largest absolute Gasteiger partial charge is 0.299 e. The van der Waals surface area contributed by atoms with E-state index in [4.69, 9.17) is 0 Å². The Bertz CT molecular complexity index is 1220. The average molecular weight is 408 g/mol. The van der Waals surface area contributed by atoms with E-state index < -0.39 is 18.0 Å². The first-order valence-electron chi connectivity index (χ1n) is 10.1. The maximum absolute atomic E-state index is 12.6. The molecule has 4 nitrogen and oxygen atoms in total. The van der Waals surface area contributed by atoms with E-state index in [1.54, 1.807) is 24.3 Å². The first-order chi connectivity index (χ1) is 15.0. The van der Waals surface area contributed by atoms with E-state index in [0.29, 0.717) is 11.1 Å². The molecule has 0 heterocycles. The van der Waals surface area contributed by atoms with Crippen molar-refractivity contribution in [3.05, 3.63) is 96.1 Å². The lowest BCUT2D eigenvalue weighted by Gasteiger charge is -2.06. The van der Waals surface area contributed by atoms with Gasteiger partial charge in [-0.1, -0.05) is 84.9 Å². The van der Waals surface area contributed by atoms with Gasteiger partial charge in [-0.3, -0.25) is 19.2 Å². The highest BCUT2D eigenvalue weighted by Gasteiger charge is 2.20. The number of carbonyl (C=O) groups is 4. The zero-order valence-electron chi connectivity index (χ0n) is 16.8. The second-order valence-electron chi connectivity index (χ2n) is 7.51. The number of carbonyl (C=O) groups excluding carboxylic acids is 4. The molecule has 31 heavy (non-hydrogen) atoms. The molecule has 0 aliphatic rings. The fourth-order valence-corrected chi connectivity index (χ4v) is 3.83. The third kappa shape index (κ3) is 4.48. The van der Waals surface area contributed by atoms with Gasteiger partial charge in [0, 0.05) is 11.1 Å². The van der Waals surface area contributed by atoms with Crippen LogP contribution in [0.4, 0.5) is 0 Å². The predicted octanol–water partition coefficient (Wildman–Crippen LogP) is 5.37. The molecule has 4 heteroatoms. The van der Waals surface area contributed by atoms with Gasteiger partial charge in [0.1, 0.15) is 11.6 Å². The Morgan fingerprint density at radius 1 is 0.452 bits per heavy atom. The lowest BCUT2D eigenvalue weighted by Crippen LogP contribution is -2.16. The van der Waals surface area contributed by atoms with Crippen LogP contribution in [0.3, 0.4) is 0 Å². The molecule has 0 saturated heterocycles. The maximum Gasteiger partial charge on any atom is 0.170 e. The van der Waals surface area contributed by atoms with Crippen LogP contribution in [-0.2, 0) is 9.59 Å². The van der Waals surface area contributed by atoms with Gasteiger partial charge < -0.3 is 0 Å². The highest BCUT2D eigenvalue weighted by Crippen LogP contribution is 2.21. The second kappa shape index (κ2) is 8.84. The Hall–Kier alpha value is -3.92. The summed E-state index contributed by atoms with van der Waals surface area (Å²) in [5.41, 5.74) is 0.927. The predicted molar refractivity (Wildman–Crippen MR) is 120 cm³/mol. The van der Waals surface area contributed by atoms with Crippen molar-refractivity contribution in [2.24, 2.45) is 0 Å². The zero-order chi connectivity index (χ0) is 21.8. The van der Waals surface area contributed by atoms with Crippen LogP contribution >= 0.6 is 0 Å². The number of hydrogen-bond donors (Lipinski definition) is 0. The highest BCUT2D eigenvalue weighted by atomic mass is 16.2. The molecule has 0 N–H and O–H groups in total. The Morgan fingerprint density at radius 3 is 1.29 bits per heavy atom. The molecule has 0 atom stereocenters. The maximum atomic E-state index is 12.6. The minimum Gasteiger partial charge on any atom is -0.299 e. The second-order valence-corrected chi connectivity index (χ2v) is 7.51. The summed E-state index contributed by atoms with van der Waals surface area (Å²) in [5, 5.41) is 3.38. The summed E-state index contributed by atoms with van der Waals surface area (Å²) < 4.78 is 0. The third-order valence-corrected chi connectivity index (χ3v) is 5.29. The topological polar surface area (TPSA) is 68.3 Å². The quantitative estimate of drug-likeness (QED) is 0.290. The van der Waals surface area contributed by atoms with Gasteiger partial charge >= 0.3 is 0 Å². The minimum atomic E-state index is -0.478. The molecule has 0 saturated carbocycles. The minimum absolute atomic E-state index is 0.324. The van der Waals surface area contributed by atoms with Gasteiger partial charge in [0.25, 0.3) is 0 Å². The van der Waals surface area contributed by atoms with E-state index in [0.717, 1.165) is 21.5 Å². The van der Waals surface area contributed by atoms with Crippen LogP contribution in [0.2, 0.25) is 0 Å². The molecule has 0 spiro atoms. The summed E-state index contributed by atoms with van der Waals surface area (Å²) in [6.45, 7) is 0. The molecule has 0 radical (unpaired) electrons. The molecule has 0 bridgehead atoms. The smallest absolute Gasteiger partial charge is 0.170 e. The highest BCUT2D eigenvalue weighted by molar-refractivity contribution is 6.20. The Morgan fingerprint density at radius 2 is 0.839 bits per heavy atom. The van der Waals surface area contributed by atoms with Gasteiger partial charge in [-0.15, -0.1) is 0 Å². The van der Waals surface area contributed by atoms with Crippen molar-refractivity contribution in [2.75, 3.05) is 0 Å². The molecular formula is C27H20O4. The first-order valence-corrected chi connectivity index (χ1v) is 10.1. The van der Waals surface area contributed by atoms with Crippen molar-refractivity contribution in [2.45, 2.75) is 19.3 Å². The standard InChI is InChI=1S/C27H20O4/c28-20(16-26(30)24-13-5-9-18-7-1-3-11-22(18)24)15-21(29)17-27(31)25-14-6-10-19-8-2-4-12-23(19)25/h1-14H,15-17H2. The van der Waals surface area contributed by atoms with Gasteiger partial charge in [0.05, 0.1) is 19.3 Å². The van der Waals surface area contributed by atoms with E-state index in [1.807, 2.05) is 60.7 Å². The molecule has 0 amide bonds. The third-order valence-electron chi connectivity index (χ3n) is 5.29. The number of rotatable bonds is 8. The molecular weight excluding hydrogens is 388 g/mol. The van der Waals surface area contributed by atoms with Gasteiger partial charge in [0.2, 0.25) is 0 Å². The monoisotopic (exact) mass is 408 g/mol. The molecule has 0 aliphatic carbocycles. The van der Waals surface area contributed by atoms with Crippen molar-refractivity contribution in [3.8, 4) is 0 Å². The first kappa shape index (κ1) is 20.4. The Kier molecular flexibility index (Phi) is 5.80. The molecule has 0 aliphatic heterocycles. The van der Waals surface area contributed by atoms with Crippen molar-refractivity contribution in [1.29, 1.82) is 0 Å². The molecule has 4 aromatic rings. The summed E-state index contributed by atoms with van der Waals surface area (Å²) >= 11 is 0. The van der Waals surface area contributed by atoms with Crippen LogP contribution in [0.15, 0.2) is 84.9 Å². The normalized spacial score (nSPS) is 10.8. The van der Waals surface area contributed by atoms with E-state index in [2.05, 4.69) is 0 Å². The number of benzene rings is 4. The van der Waals surface area contributed by atoms with E-state index in [9.17, 15) is 19.2 Å². The molecule has 4 aromatic carbocycles. The number of fused-ring (bicyclic) bond motifs is 2. The Balaban J connectivity index is 1.41. The van der Waals surface area contributed by atoms with Gasteiger partial charge in [-0.25, -0.2) is 0 Å². The fraction of sp³-hybridized carbons (Fsp3) is 0.111. The molecule has 0 fully saturated rings. The molecule has 0 unspecified atom stereocenters. The fourth-order valence-electron chi connectivity index (χ4n) is 3.83. The summed E-state index contributed by atoms with van der Waals surface area (Å²) in [6.07, 6.45) is -1.14. The van der Waals surface area contributed by atoms with Crippen molar-refractivity contribution in [3.63, 3.8) is 0 Å².